The quantitative estimate of drug-likeness (QED) is 0.487. The van der Waals surface area contributed by atoms with Crippen molar-refractivity contribution in [1.82, 2.24) is 0 Å². The van der Waals surface area contributed by atoms with E-state index in [0.717, 1.165) is 0 Å². The van der Waals surface area contributed by atoms with Gasteiger partial charge < -0.3 is 0 Å². The summed E-state index contributed by atoms with van der Waals surface area (Å²) < 4.78 is 22.1. The van der Waals surface area contributed by atoms with Gasteiger partial charge in [-0.25, -0.2) is 8.78 Å². The van der Waals surface area contributed by atoms with E-state index in [0.29, 0.717) is 5.54 Å². The summed E-state index contributed by atoms with van der Waals surface area (Å²) in [6.45, 7) is -1.11. The van der Waals surface area contributed by atoms with Crippen LogP contribution in [0, 0.1) is 0 Å². The van der Waals surface area contributed by atoms with Crippen molar-refractivity contribution in [2.24, 2.45) is 0 Å². The van der Waals surface area contributed by atoms with Crippen molar-refractivity contribution < 1.29 is 8.78 Å². The van der Waals surface area contributed by atoms with Crippen LogP contribution in [0.3, 0.4) is 0 Å². The molecule has 0 N–H and O–H groups in total. The zero-order valence-electron chi connectivity index (χ0n) is 2.92. The average Bonchev–Trinajstić information content (AvgIpc) is 1.65. The summed E-state index contributed by atoms with van der Waals surface area (Å²) >= 11 is 4.68. The summed E-state index contributed by atoms with van der Waals surface area (Å²) in [5, 5.41) is 0. The molecule has 0 heterocycles. The van der Waals surface area contributed by atoms with Gasteiger partial charge in [0.2, 0.25) is 0 Å². The Bertz CT molecular complexity index is 59.8. The molecule has 0 bridgehead atoms. The molecule has 0 amide bonds. The van der Waals surface area contributed by atoms with Gasteiger partial charge in [0.25, 0.3) is 0 Å². The molecule has 6 heavy (non-hydrogen) atoms. The van der Waals surface area contributed by atoms with Crippen LogP contribution in [0.15, 0.2) is 11.4 Å². The largest absolute Gasteiger partial charge is 0.243 e. The molecule has 0 unspecified atom stereocenters. The highest BCUT2D eigenvalue weighted by Crippen LogP contribution is 1.96. The van der Waals surface area contributed by atoms with Gasteiger partial charge in [-0.3, -0.25) is 0 Å². The van der Waals surface area contributed by atoms with E-state index in [4.69, 9.17) is 0 Å². The van der Waals surface area contributed by atoms with Crippen molar-refractivity contribution >= 4 is 11.6 Å². The lowest BCUT2D eigenvalue weighted by molar-refractivity contribution is 0.460. The van der Waals surface area contributed by atoms with E-state index in [1.807, 2.05) is 0 Å². The lowest BCUT2D eigenvalue weighted by atomic mass is 10.7. The predicted octanol–water partition coefficient (Wildman–Crippen LogP) is 2.01. The second-order valence-corrected chi connectivity index (χ2v) is 0.908. The van der Waals surface area contributed by atoms with Gasteiger partial charge >= 0.3 is 0 Å². The summed E-state index contributed by atoms with van der Waals surface area (Å²) in [5.41, 5.74) is 0.569. The lowest BCUT2D eigenvalue weighted by Crippen LogP contribution is -1.68. The van der Waals surface area contributed by atoms with E-state index >= 15 is 0 Å². The third-order valence-electron chi connectivity index (χ3n) is 0.246. The molecule has 0 spiro atoms. The monoisotopic (exact) mass is 112 g/mol. The summed E-state index contributed by atoms with van der Waals surface area (Å²) in [7, 11) is 0. The Morgan fingerprint density at radius 2 is 2.33 bits per heavy atom. The molecular weight excluding hydrogens is 109 g/mol. The van der Waals surface area contributed by atoms with Gasteiger partial charge in [0.1, 0.15) is 12.5 Å². The Kier molecular flexibility index (Phi) is 3.04. The second-order valence-electron chi connectivity index (χ2n) is 0.690. The fourth-order valence-corrected chi connectivity index (χ4v) is 0.0875. The molecule has 0 atom stereocenters. The van der Waals surface area contributed by atoms with E-state index in [1.165, 1.54) is 0 Å². The number of hydrogen-bond donors (Lipinski definition) is 0. The lowest BCUT2D eigenvalue weighted by Gasteiger charge is -1.75. The van der Waals surface area contributed by atoms with Crippen LogP contribution in [0.25, 0.3) is 0 Å². The normalized spacial score (nSPS) is 12.2. The zero-order valence-corrected chi connectivity index (χ0v) is 3.67. The van der Waals surface area contributed by atoms with Crippen molar-refractivity contribution in [3.63, 3.8) is 0 Å². The molecule has 0 aromatic rings. The van der Waals surface area contributed by atoms with Crippen LogP contribution in [-0.2, 0) is 0 Å². The van der Waals surface area contributed by atoms with Crippen LogP contribution in [0.2, 0.25) is 0 Å². The Hall–Kier alpha value is -0.110. The first-order valence-electron chi connectivity index (χ1n) is 1.32. The first-order chi connectivity index (χ1) is 2.81. The molecule has 0 aromatic carbocycles. The smallest absolute Gasteiger partial charge is 0.142 e. The van der Waals surface area contributed by atoms with E-state index in [2.05, 4.69) is 11.6 Å². The maximum atomic E-state index is 11.2. The molecule has 0 aliphatic rings. The SMILES string of the molecule is FCC(F)=CCl. The Morgan fingerprint density at radius 1 is 1.83 bits per heavy atom. The minimum atomic E-state index is -1.11. The summed E-state index contributed by atoms with van der Waals surface area (Å²) in [4.78, 5) is 0. The summed E-state index contributed by atoms with van der Waals surface area (Å²) in [6.07, 6.45) is 0. The molecule has 0 aliphatic heterocycles. The highest BCUT2D eigenvalue weighted by Gasteiger charge is 1.84. The van der Waals surface area contributed by atoms with Crippen molar-refractivity contribution in [2.75, 3.05) is 6.67 Å². The van der Waals surface area contributed by atoms with E-state index in [9.17, 15) is 8.78 Å². The molecule has 0 aliphatic carbocycles. The van der Waals surface area contributed by atoms with Gasteiger partial charge in [-0.05, 0) is 0 Å². The number of hydrogen-bond acceptors (Lipinski definition) is 0. The maximum absolute atomic E-state index is 11.2. The van der Waals surface area contributed by atoms with Gasteiger partial charge in [0, 0.05) is 5.54 Å². The highest BCUT2D eigenvalue weighted by atomic mass is 35.5. The van der Waals surface area contributed by atoms with Crippen LogP contribution >= 0.6 is 11.6 Å². The van der Waals surface area contributed by atoms with Crippen LogP contribution < -0.4 is 0 Å². The molecular formula is C3H3ClF2. The maximum Gasteiger partial charge on any atom is 0.142 e. The first-order valence-corrected chi connectivity index (χ1v) is 1.75. The van der Waals surface area contributed by atoms with Crippen molar-refractivity contribution in [3.8, 4) is 0 Å². The minimum absolute atomic E-state index is 0.569. The Balaban J connectivity index is 3.22. The highest BCUT2D eigenvalue weighted by molar-refractivity contribution is 6.25. The standard InChI is InChI=1S/C3H3ClF2/c4-1-3(6)2-5/h1H,2H2. The molecule has 0 radical (unpaired) electrons. The molecule has 0 fully saturated rings. The van der Waals surface area contributed by atoms with Crippen LogP contribution in [0.1, 0.15) is 0 Å². The number of alkyl halides is 1. The summed E-state index contributed by atoms with van der Waals surface area (Å²) in [6, 6.07) is 0. The van der Waals surface area contributed by atoms with Gasteiger partial charge in [-0.15, -0.1) is 0 Å². The molecule has 0 nitrogen and oxygen atoms in total. The molecule has 0 saturated heterocycles. The van der Waals surface area contributed by atoms with Crippen LogP contribution in [0.4, 0.5) is 8.78 Å². The van der Waals surface area contributed by atoms with E-state index < -0.39 is 12.5 Å². The second kappa shape index (κ2) is 3.09. The third kappa shape index (κ3) is 2.15. The van der Waals surface area contributed by atoms with Crippen molar-refractivity contribution in [1.29, 1.82) is 0 Å². The molecule has 0 aromatic heterocycles. The van der Waals surface area contributed by atoms with E-state index in [-0.39, 0.29) is 0 Å². The minimum Gasteiger partial charge on any atom is -0.243 e. The molecule has 0 saturated carbocycles. The third-order valence-corrected chi connectivity index (χ3v) is 0.483. The number of rotatable bonds is 1. The van der Waals surface area contributed by atoms with Crippen molar-refractivity contribution in [3.05, 3.63) is 11.4 Å². The molecule has 0 rings (SSSR count). The van der Waals surface area contributed by atoms with Crippen molar-refractivity contribution in [2.45, 2.75) is 0 Å². The topological polar surface area (TPSA) is 0 Å². The van der Waals surface area contributed by atoms with Gasteiger partial charge in [-0.2, -0.15) is 0 Å². The summed E-state index contributed by atoms with van der Waals surface area (Å²) in [5.74, 6) is -0.934. The fourth-order valence-electron chi connectivity index (χ4n) is 0.0292. The Labute approximate surface area is 39.4 Å². The van der Waals surface area contributed by atoms with E-state index in [1.54, 1.807) is 0 Å². The Morgan fingerprint density at radius 3 is 2.33 bits per heavy atom. The number of allylic oxidation sites excluding steroid dienone is 1. The van der Waals surface area contributed by atoms with Gasteiger partial charge in [0.05, 0.1) is 0 Å². The van der Waals surface area contributed by atoms with Gasteiger partial charge in [-0.1, -0.05) is 11.6 Å². The fraction of sp³-hybridized carbons (Fsp3) is 0.333. The molecule has 3 heteroatoms. The number of halogens is 3. The average molecular weight is 113 g/mol. The molecule has 36 valence electrons. The predicted molar refractivity (Wildman–Crippen MR) is 21.0 cm³/mol. The van der Waals surface area contributed by atoms with Gasteiger partial charge in [0.15, 0.2) is 0 Å². The first kappa shape index (κ1) is 5.89. The van der Waals surface area contributed by atoms with Crippen LogP contribution in [-0.4, -0.2) is 6.67 Å². The van der Waals surface area contributed by atoms with Crippen LogP contribution in [0.5, 0.6) is 0 Å². The zero-order chi connectivity index (χ0) is 4.99.